The van der Waals surface area contributed by atoms with E-state index in [2.05, 4.69) is 15.3 Å². The molecule has 1 aromatic heterocycles. The van der Waals surface area contributed by atoms with Gasteiger partial charge in [-0.05, 0) is 19.3 Å². The van der Waals surface area contributed by atoms with Crippen molar-refractivity contribution in [3.63, 3.8) is 0 Å². The van der Waals surface area contributed by atoms with Crippen LogP contribution < -0.4 is 11.1 Å². The van der Waals surface area contributed by atoms with Crippen LogP contribution in [-0.4, -0.2) is 28.0 Å². The topological polar surface area (TPSA) is 80.9 Å². The van der Waals surface area contributed by atoms with E-state index in [0.29, 0.717) is 12.2 Å². The van der Waals surface area contributed by atoms with Crippen LogP contribution in [0.3, 0.4) is 0 Å². The highest BCUT2D eigenvalue weighted by atomic mass is 16.1. The average molecular weight is 206 g/mol. The summed E-state index contributed by atoms with van der Waals surface area (Å²) in [6.45, 7) is 0.516. The Hall–Kier alpha value is -1.49. The fourth-order valence-corrected chi connectivity index (χ4v) is 1.57. The van der Waals surface area contributed by atoms with Crippen molar-refractivity contribution in [2.75, 3.05) is 6.54 Å². The number of nitrogens with two attached hydrogens (primary N) is 1. The number of aromatic nitrogens is 2. The Bertz CT molecular complexity index is 348. The van der Waals surface area contributed by atoms with E-state index in [9.17, 15) is 4.79 Å². The number of nitrogens with one attached hydrogen (secondary N) is 1. The maximum Gasteiger partial charge on any atom is 0.271 e. The van der Waals surface area contributed by atoms with Gasteiger partial charge in [-0.15, -0.1) is 0 Å². The van der Waals surface area contributed by atoms with Crippen LogP contribution in [0.1, 0.15) is 29.8 Å². The molecule has 0 unspecified atom stereocenters. The highest BCUT2D eigenvalue weighted by Crippen LogP contribution is 2.27. The van der Waals surface area contributed by atoms with Crippen molar-refractivity contribution in [2.45, 2.75) is 24.8 Å². The molecule has 1 aliphatic rings. The van der Waals surface area contributed by atoms with Crippen molar-refractivity contribution < 1.29 is 4.79 Å². The monoisotopic (exact) mass is 206 g/mol. The normalized spacial score (nSPS) is 17.9. The molecule has 0 aliphatic heterocycles. The molecule has 0 aromatic carbocycles. The van der Waals surface area contributed by atoms with Gasteiger partial charge in [0.15, 0.2) is 0 Å². The molecule has 1 aliphatic carbocycles. The third kappa shape index (κ3) is 2.30. The van der Waals surface area contributed by atoms with E-state index in [1.807, 2.05) is 0 Å². The minimum absolute atomic E-state index is 0.197. The zero-order valence-electron chi connectivity index (χ0n) is 8.44. The molecule has 0 spiro atoms. The molecule has 1 heterocycles. The molecule has 1 aromatic rings. The number of carbonyl (C=O) groups excluding carboxylic acids is 1. The molecule has 0 radical (unpaired) electrons. The number of carbonyl (C=O) groups is 1. The predicted molar refractivity (Wildman–Crippen MR) is 55.1 cm³/mol. The van der Waals surface area contributed by atoms with E-state index in [4.69, 9.17) is 5.73 Å². The Morgan fingerprint density at radius 1 is 1.53 bits per heavy atom. The molecule has 5 nitrogen and oxygen atoms in total. The Morgan fingerprint density at radius 3 is 2.87 bits per heavy atom. The fourth-order valence-electron chi connectivity index (χ4n) is 1.57. The lowest BCUT2D eigenvalue weighted by molar-refractivity contribution is 0.0924. The summed E-state index contributed by atoms with van der Waals surface area (Å²) >= 11 is 0. The van der Waals surface area contributed by atoms with E-state index >= 15 is 0 Å². The van der Waals surface area contributed by atoms with Crippen molar-refractivity contribution in [1.82, 2.24) is 15.3 Å². The lowest BCUT2D eigenvalue weighted by Crippen LogP contribution is -2.55. The Balaban J connectivity index is 1.88. The summed E-state index contributed by atoms with van der Waals surface area (Å²) in [7, 11) is 0. The van der Waals surface area contributed by atoms with Gasteiger partial charge >= 0.3 is 0 Å². The first-order valence-corrected chi connectivity index (χ1v) is 5.03. The number of rotatable bonds is 3. The summed E-state index contributed by atoms with van der Waals surface area (Å²) in [6.07, 6.45) is 7.59. The molecule has 1 fully saturated rings. The third-order valence-corrected chi connectivity index (χ3v) is 2.75. The molecular formula is C10H14N4O. The van der Waals surface area contributed by atoms with Crippen molar-refractivity contribution in [3.8, 4) is 0 Å². The van der Waals surface area contributed by atoms with Gasteiger partial charge in [-0.2, -0.15) is 0 Å². The van der Waals surface area contributed by atoms with E-state index in [1.54, 1.807) is 0 Å². The van der Waals surface area contributed by atoms with Gasteiger partial charge in [0.1, 0.15) is 5.69 Å². The zero-order valence-corrected chi connectivity index (χ0v) is 8.44. The first-order chi connectivity index (χ1) is 7.20. The van der Waals surface area contributed by atoms with Gasteiger partial charge in [0, 0.05) is 24.5 Å². The van der Waals surface area contributed by atoms with E-state index < -0.39 is 0 Å². The SMILES string of the molecule is NC1(CNC(=O)c2cnccn2)CCC1. The molecule has 15 heavy (non-hydrogen) atoms. The minimum Gasteiger partial charge on any atom is -0.349 e. The highest BCUT2D eigenvalue weighted by molar-refractivity contribution is 5.91. The van der Waals surface area contributed by atoms with Crippen molar-refractivity contribution in [1.29, 1.82) is 0 Å². The first-order valence-electron chi connectivity index (χ1n) is 5.03. The number of hydrogen-bond donors (Lipinski definition) is 2. The lowest BCUT2D eigenvalue weighted by Gasteiger charge is -2.38. The molecule has 1 amide bonds. The van der Waals surface area contributed by atoms with Crippen LogP contribution in [-0.2, 0) is 0 Å². The van der Waals surface area contributed by atoms with Gasteiger partial charge in [0.25, 0.3) is 5.91 Å². The van der Waals surface area contributed by atoms with Gasteiger partial charge < -0.3 is 11.1 Å². The Labute approximate surface area is 88.1 Å². The summed E-state index contributed by atoms with van der Waals surface area (Å²) in [5.74, 6) is -0.208. The van der Waals surface area contributed by atoms with Crippen molar-refractivity contribution in [2.24, 2.45) is 5.73 Å². The van der Waals surface area contributed by atoms with Crippen LogP contribution in [0, 0.1) is 0 Å². The molecule has 1 saturated carbocycles. The van der Waals surface area contributed by atoms with E-state index in [1.165, 1.54) is 18.6 Å². The van der Waals surface area contributed by atoms with Crippen LogP contribution >= 0.6 is 0 Å². The largest absolute Gasteiger partial charge is 0.349 e. The van der Waals surface area contributed by atoms with Crippen LogP contribution in [0.4, 0.5) is 0 Å². The summed E-state index contributed by atoms with van der Waals surface area (Å²) in [6, 6.07) is 0. The molecular weight excluding hydrogens is 192 g/mol. The maximum absolute atomic E-state index is 11.6. The average Bonchev–Trinajstić information content (AvgIpc) is 2.24. The second kappa shape index (κ2) is 3.94. The van der Waals surface area contributed by atoms with Gasteiger partial charge in [-0.25, -0.2) is 4.98 Å². The predicted octanol–water partition coefficient (Wildman–Crippen LogP) is 0.0878. The molecule has 0 saturated heterocycles. The Morgan fingerprint density at radius 2 is 2.33 bits per heavy atom. The van der Waals surface area contributed by atoms with Crippen molar-refractivity contribution in [3.05, 3.63) is 24.3 Å². The standard InChI is InChI=1S/C10H14N4O/c11-10(2-1-3-10)7-14-9(15)8-6-12-4-5-13-8/h4-6H,1-3,7,11H2,(H,14,15). The molecule has 0 bridgehead atoms. The molecule has 2 rings (SSSR count). The molecule has 5 heteroatoms. The summed E-state index contributed by atoms with van der Waals surface area (Å²) in [5.41, 5.74) is 6.12. The van der Waals surface area contributed by atoms with Crippen LogP contribution in [0.5, 0.6) is 0 Å². The number of amides is 1. The van der Waals surface area contributed by atoms with Crippen LogP contribution in [0.25, 0.3) is 0 Å². The third-order valence-electron chi connectivity index (χ3n) is 2.75. The van der Waals surface area contributed by atoms with Crippen molar-refractivity contribution >= 4 is 5.91 Å². The Kier molecular flexibility index (Phi) is 2.64. The van der Waals surface area contributed by atoms with Gasteiger partial charge in [0.05, 0.1) is 6.20 Å². The van der Waals surface area contributed by atoms with Gasteiger partial charge in [0.2, 0.25) is 0 Å². The highest BCUT2D eigenvalue weighted by Gasteiger charge is 2.32. The van der Waals surface area contributed by atoms with Gasteiger partial charge in [-0.3, -0.25) is 9.78 Å². The lowest BCUT2D eigenvalue weighted by atomic mass is 9.78. The second-order valence-corrected chi connectivity index (χ2v) is 3.99. The van der Waals surface area contributed by atoms with Gasteiger partial charge in [-0.1, -0.05) is 0 Å². The van der Waals surface area contributed by atoms with Crippen LogP contribution in [0.2, 0.25) is 0 Å². The zero-order chi connectivity index (χ0) is 10.7. The number of nitrogens with zero attached hydrogens (tertiary/aromatic N) is 2. The second-order valence-electron chi connectivity index (χ2n) is 3.99. The maximum atomic E-state index is 11.6. The number of hydrogen-bond acceptors (Lipinski definition) is 4. The molecule has 0 atom stereocenters. The van der Waals surface area contributed by atoms with E-state index in [-0.39, 0.29) is 11.4 Å². The summed E-state index contributed by atoms with van der Waals surface area (Å²) in [4.78, 5) is 19.3. The first kappa shape index (κ1) is 10.0. The summed E-state index contributed by atoms with van der Waals surface area (Å²) in [5, 5.41) is 2.77. The quantitative estimate of drug-likeness (QED) is 0.734. The van der Waals surface area contributed by atoms with Crippen LogP contribution in [0.15, 0.2) is 18.6 Å². The molecule has 3 N–H and O–H groups in total. The smallest absolute Gasteiger partial charge is 0.271 e. The van der Waals surface area contributed by atoms with E-state index in [0.717, 1.165) is 19.3 Å². The summed E-state index contributed by atoms with van der Waals surface area (Å²) < 4.78 is 0. The minimum atomic E-state index is -0.208. The fraction of sp³-hybridized carbons (Fsp3) is 0.500. The molecule has 80 valence electrons.